The lowest BCUT2D eigenvalue weighted by Gasteiger charge is -2.40. The molecular formula is C21H24N6O3. The molecule has 0 spiro atoms. The van der Waals surface area contributed by atoms with Crippen molar-refractivity contribution in [1.82, 2.24) is 29.3 Å². The van der Waals surface area contributed by atoms with Gasteiger partial charge in [0.05, 0.1) is 36.9 Å². The maximum absolute atomic E-state index is 11.8. The quantitative estimate of drug-likeness (QED) is 0.581. The number of rotatable bonds is 6. The van der Waals surface area contributed by atoms with Crippen molar-refractivity contribution in [3.63, 3.8) is 0 Å². The van der Waals surface area contributed by atoms with Gasteiger partial charge in [0.1, 0.15) is 11.6 Å². The lowest BCUT2D eigenvalue weighted by atomic mass is 9.88. The van der Waals surface area contributed by atoms with Crippen LogP contribution in [0.4, 0.5) is 0 Å². The Bertz CT molecular complexity index is 1080. The smallest absolute Gasteiger partial charge is 0.245 e. The minimum Gasteiger partial charge on any atom is -0.473 e. The van der Waals surface area contributed by atoms with E-state index in [1.165, 1.54) is 6.08 Å². The van der Waals surface area contributed by atoms with E-state index in [9.17, 15) is 4.79 Å². The van der Waals surface area contributed by atoms with Gasteiger partial charge < -0.3 is 14.4 Å². The number of hydrogen-bond donors (Lipinski definition) is 0. The highest BCUT2D eigenvalue weighted by Crippen LogP contribution is 2.32. The van der Waals surface area contributed by atoms with E-state index in [0.29, 0.717) is 12.5 Å². The molecule has 1 saturated heterocycles. The van der Waals surface area contributed by atoms with Gasteiger partial charge in [-0.1, -0.05) is 6.58 Å². The molecule has 1 saturated carbocycles. The zero-order valence-electron chi connectivity index (χ0n) is 16.8. The third kappa shape index (κ3) is 3.35. The number of carbonyl (C=O) groups is 1. The van der Waals surface area contributed by atoms with Crippen molar-refractivity contribution in [1.29, 1.82) is 0 Å². The molecule has 0 bridgehead atoms. The number of likely N-dealkylation sites (N-methyl/N-ethyl adjacent to an activating group) is 1. The molecular weight excluding hydrogens is 384 g/mol. The number of ether oxygens (including phenoxy) is 2. The normalized spacial score (nSPS) is 23.3. The minimum absolute atomic E-state index is 0.00914. The van der Waals surface area contributed by atoms with Crippen LogP contribution in [-0.2, 0) is 9.53 Å². The third-order valence-electron chi connectivity index (χ3n) is 5.95. The Morgan fingerprint density at radius 3 is 3.00 bits per heavy atom. The van der Waals surface area contributed by atoms with Crippen LogP contribution in [0.2, 0.25) is 0 Å². The van der Waals surface area contributed by atoms with Crippen LogP contribution in [0.3, 0.4) is 0 Å². The first-order valence-corrected chi connectivity index (χ1v) is 10.1. The Labute approximate surface area is 173 Å². The highest BCUT2D eigenvalue weighted by Gasteiger charge is 2.36. The summed E-state index contributed by atoms with van der Waals surface area (Å²) in [5, 5.41) is 8.86. The number of aromatic nitrogens is 5. The second-order valence-corrected chi connectivity index (χ2v) is 7.84. The largest absolute Gasteiger partial charge is 0.473 e. The second-order valence-electron chi connectivity index (χ2n) is 7.84. The van der Waals surface area contributed by atoms with Crippen LogP contribution in [-0.4, -0.2) is 67.6 Å². The summed E-state index contributed by atoms with van der Waals surface area (Å²) in [6.45, 7) is 5.00. The van der Waals surface area contributed by atoms with Gasteiger partial charge in [-0.3, -0.25) is 9.48 Å². The Kier molecular flexibility index (Phi) is 4.74. The molecule has 1 aliphatic heterocycles. The average Bonchev–Trinajstić information content (AvgIpc) is 3.48. The molecule has 5 rings (SSSR count). The molecule has 3 aromatic rings. The van der Waals surface area contributed by atoms with Gasteiger partial charge in [0.15, 0.2) is 0 Å². The molecule has 2 aliphatic rings. The molecule has 1 amide bonds. The maximum Gasteiger partial charge on any atom is 0.245 e. The van der Waals surface area contributed by atoms with Crippen molar-refractivity contribution in [3.8, 4) is 17.1 Å². The zero-order chi connectivity index (χ0) is 20.7. The average molecular weight is 408 g/mol. The van der Waals surface area contributed by atoms with E-state index in [2.05, 4.69) is 16.8 Å². The van der Waals surface area contributed by atoms with Gasteiger partial charge in [-0.25, -0.2) is 9.50 Å². The first-order chi connectivity index (χ1) is 14.6. The van der Waals surface area contributed by atoms with Crippen molar-refractivity contribution in [2.24, 2.45) is 0 Å². The molecule has 3 aromatic heterocycles. The first-order valence-electron chi connectivity index (χ1n) is 10.1. The third-order valence-corrected chi connectivity index (χ3v) is 5.95. The van der Waals surface area contributed by atoms with Crippen LogP contribution in [0, 0.1) is 0 Å². The Balaban J connectivity index is 1.35. The summed E-state index contributed by atoms with van der Waals surface area (Å²) in [6.07, 6.45) is 11.3. The molecule has 0 radical (unpaired) electrons. The topological polar surface area (TPSA) is 86.8 Å². The fraction of sp³-hybridized carbons (Fsp3) is 0.429. The second kappa shape index (κ2) is 7.56. The summed E-state index contributed by atoms with van der Waals surface area (Å²) < 4.78 is 15.4. The van der Waals surface area contributed by atoms with E-state index >= 15 is 0 Å². The van der Waals surface area contributed by atoms with Gasteiger partial charge in [-0.2, -0.15) is 10.2 Å². The van der Waals surface area contributed by atoms with Crippen LogP contribution < -0.4 is 4.74 Å². The van der Waals surface area contributed by atoms with Gasteiger partial charge in [-0.15, -0.1) is 0 Å². The molecule has 1 unspecified atom stereocenters. The lowest BCUT2D eigenvalue weighted by molar-refractivity contribution is -0.130. The van der Waals surface area contributed by atoms with Crippen LogP contribution in [0.25, 0.3) is 16.8 Å². The molecule has 0 aromatic carbocycles. The number of amides is 1. The van der Waals surface area contributed by atoms with Gasteiger partial charge >= 0.3 is 0 Å². The molecule has 30 heavy (non-hydrogen) atoms. The molecule has 4 heterocycles. The molecule has 1 atom stereocenters. The van der Waals surface area contributed by atoms with Crippen molar-refractivity contribution in [2.45, 2.75) is 37.5 Å². The fourth-order valence-electron chi connectivity index (χ4n) is 3.96. The molecule has 1 aliphatic carbocycles. The summed E-state index contributed by atoms with van der Waals surface area (Å²) in [4.78, 5) is 18.3. The lowest BCUT2D eigenvalue weighted by Crippen LogP contribution is -2.49. The molecule has 156 valence electrons. The predicted molar refractivity (Wildman–Crippen MR) is 109 cm³/mol. The summed E-state index contributed by atoms with van der Waals surface area (Å²) in [6, 6.07) is 2.32. The van der Waals surface area contributed by atoms with E-state index in [0.717, 1.165) is 42.6 Å². The highest BCUT2D eigenvalue weighted by atomic mass is 16.5. The van der Waals surface area contributed by atoms with Gasteiger partial charge in [0, 0.05) is 44.3 Å². The van der Waals surface area contributed by atoms with E-state index in [1.54, 1.807) is 22.7 Å². The van der Waals surface area contributed by atoms with Gasteiger partial charge in [-0.05, 0) is 18.6 Å². The van der Waals surface area contributed by atoms with Crippen molar-refractivity contribution >= 4 is 11.4 Å². The van der Waals surface area contributed by atoms with Crippen LogP contribution in [0.5, 0.6) is 5.88 Å². The monoisotopic (exact) mass is 408 g/mol. The summed E-state index contributed by atoms with van der Waals surface area (Å²) in [5.74, 6) is 0.476. The van der Waals surface area contributed by atoms with E-state index in [-0.39, 0.29) is 24.1 Å². The summed E-state index contributed by atoms with van der Waals surface area (Å²) >= 11 is 0. The van der Waals surface area contributed by atoms with Crippen LogP contribution in [0.1, 0.15) is 25.3 Å². The van der Waals surface area contributed by atoms with Crippen molar-refractivity contribution < 1.29 is 14.3 Å². The Morgan fingerprint density at radius 2 is 2.23 bits per heavy atom. The minimum atomic E-state index is -0.0681. The zero-order valence-corrected chi connectivity index (χ0v) is 16.8. The molecule has 9 heteroatoms. The van der Waals surface area contributed by atoms with E-state index < -0.39 is 0 Å². The van der Waals surface area contributed by atoms with E-state index in [1.807, 2.05) is 29.3 Å². The van der Waals surface area contributed by atoms with Gasteiger partial charge in [0.2, 0.25) is 11.8 Å². The number of carbonyl (C=O) groups excluding carboxylic acids is 1. The van der Waals surface area contributed by atoms with Crippen LogP contribution in [0.15, 0.2) is 43.5 Å². The summed E-state index contributed by atoms with van der Waals surface area (Å²) in [5.41, 5.74) is 2.47. The fourth-order valence-corrected chi connectivity index (χ4v) is 3.96. The Morgan fingerprint density at radius 1 is 1.37 bits per heavy atom. The SMILES string of the molecule is C=CC(=O)N(C)[C@H]1C[C@@H](Oc2nc(-c3cnn(C4CCOC4)c3)cn3nccc23)C1. The number of hydrogen-bond acceptors (Lipinski definition) is 6. The number of nitrogens with zero attached hydrogens (tertiary/aromatic N) is 6. The predicted octanol–water partition coefficient (Wildman–Crippen LogP) is 2.11. The van der Waals surface area contributed by atoms with Crippen molar-refractivity contribution in [3.05, 3.63) is 43.5 Å². The standard InChI is InChI=1S/C21H24N6O3/c1-3-20(28)25(2)16-8-17(9-16)30-21-19-4-6-22-27(19)12-18(24-21)14-10-23-26(11-14)15-5-7-29-13-15/h3-4,6,10-12,15-17H,1,5,7-9,13H2,2H3/t15?,16-,17+. The molecule has 9 nitrogen and oxygen atoms in total. The Hall–Kier alpha value is -3.20. The van der Waals surface area contributed by atoms with E-state index in [4.69, 9.17) is 14.5 Å². The maximum atomic E-state index is 11.8. The van der Waals surface area contributed by atoms with Crippen molar-refractivity contribution in [2.75, 3.05) is 20.3 Å². The van der Waals surface area contributed by atoms with Gasteiger partial charge in [0.25, 0.3) is 0 Å². The number of fused-ring (bicyclic) bond motifs is 1. The highest BCUT2D eigenvalue weighted by molar-refractivity contribution is 5.87. The first kappa shape index (κ1) is 18.8. The molecule has 2 fully saturated rings. The summed E-state index contributed by atoms with van der Waals surface area (Å²) in [7, 11) is 1.80. The molecule has 0 N–H and O–H groups in total. The van der Waals surface area contributed by atoms with Crippen LogP contribution >= 0.6 is 0 Å².